The molecule has 0 aromatic carbocycles. The van der Waals surface area contributed by atoms with Crippen LogP contribution in [0.1, 0.15) is 39.5 Å². The lowest BCUT2D eigenvalue weighted by Gasteiger charge is -2.17. The van der Waals surface area contributed by atoms with Gasteiger partial charge in [-0.05, 0) is 42.6 Å². The number of rotatable bonds is 6. The van der Waals surface area contributed by atoms with Crippen LogP contribution in [0.25, 0.3) is 0 Å². The number of hydrogen-bond acceptors (Lipinski definition) is 1. The largest absolute Gasteiger partial charge is 0.162 e. The number of alkyl halides is 1. The summed E-state index contributed by atoms with van der Waals surface area (Å²) in [5.41, 5.74) is 0.703. The van der Waals surface area contributed by atoms with Gasteiger partial charge in [0.25, 0.3) is 0 Å². The smallest absolute Gasteiger partial charge is 0.0173 e. The molecule has 0 aromatic rings. The molecule has 0 saturated heterocycles. The van der Waals surface area contributed by atoms with Crippen LogP contribution in [0.15, 0.2) is 0 Å². The fraction of sp³-hybridized carbons (Fsp3) is 1.00. The molecule has 1 aliphatic rings. The molecule has 1 rings (SSSR count). The molecule has 1 aliphatic carbocycles. The first kappa shape index (κ1) is 10.9. The maximum absolute atomic E-state index is 3.72. The standard InChI is InChI=1S/C10H19BrS/c1-3-12-8-4-5-10(6-7-10)9(2)11/h9H,3-8H2,1-2H3. The Morgan fingerprint density at radius 1 is 1.50 bits per heavy atom. The molecule has 0 nitrogen and oxygen atoms in total. The van der Waals surface area contributed by atoms with Crippen molar-refractivity contribution in [3.8, 4) is 0 Å². The van der Waals surface area contributed by atoms with Gasteiger partial charge in [0.1, 0.15) is 0 Å². The van der Waals surface area contributed by atoms with Crippen molar-refractivity contribution in [2.24, 2.45) is 5.41 Å². The average Bonchev–Trinajstić information content (AvgIpc) is 2.79. The minimum Gasteiger partial charge on any atom is -0.162 e. The first-order valence-corrected chi connectivity index (χ1v) is 7.00. The molecule has 1 unspecified atom stereocenters. The fourth-order valence-corrected chi connectivity index (χ4v) is 3.00. The first-order valence-electron chi connectivity index (χ1n) is 4.93. The van der Waals surface area contributed by atoms with E-state index >= 15 is 0 Å². The van der Waals surface area contributed by atoms with Gasteiger partial charge in [0, 0.05) is 4.83 Å². The van der Waals surface area contributed by atoms with Crippen LogP contribution < -0.4 is 0 Å². The summed E-state index contributed by atoms with van der Waals surface area (Å²) < 4.78 is 0. The molecule has 0 bridgehead atoms. The van der Waals surface area contributed by atoms with E-state index in [-0.39, 0.29) is 0 Å². The average molecular weight is 251 g/mol. The Morgan fingerprint density at radius 2 is 2.17 bits per heavy atom. The quantitative estimate of drug-likeness (QED) is 0.506. The second-order valence-corrected chi connectivity index (χ2v) is 6.55. The Hall–Kier alpha value is 0.830. The van der Waals surface area contributed by atoms with E-state index in [2.05, 4.69) is 41.5 Å². The van der Waals surface area contributed by atoms with Gasteiger partial charge in [-0.3, -0.25) is 0 Å². The predicted octanol–water partition coefficient (Wildman–Crippen LogP) is 4.08. The highest BCUT2D eigenvalue weighted by atomic mass is 79.9. The van der Waals surface area contributed by atoms with Crippen molar-refractivity contribution in [1.82, 2.24) is 0 Å². The summed E-state index contributed by atoms with van der Waals surface area (Å²) in [6.07, 6.45) is 5.76. The van der Waals surface area contributed by atoms with E-state index in [0.717, 1.165) is 4.83 Å². The maximum Gasteiger partial charge on any atom is 0.0173 e. The minimum absolute atomic E-state index is 0.703. The molecule has 0 aromatic heterocycles. The van der Waals surface area contributed by atoms with Crippen LogP contribution in [0.4, 0.5) is 0 Å². The van der Waals surface area contributed by atoms with Crippen LogP contribution >= 0.6 is 27.7 Å². The summed E-state index contributed by atoms with van der Waals surface area (Å²) in [5.74, 6) is 2.63. The highest BCUT2D eigenvalue weighted by molar-refractivity contribution is 9.09. The van der Waals surface area contributed by atoms with E-state index in [1.165, 1.54) is 37.2 Å². The zero-order chi connectivity index (χ0) is 9.03. The predicted molar refractivity (Wildman–Crippen MR) is 62.3 cm³/mol. The lowest BCUT2D eigenvalue weighted by Crippen LogP contribution is -2.11. The van der Waals surface area contributed by atoms with Gasteiger partial charge in [0.05, 0.1) is 0 Å². The Bertz CT molecular complexity index is 130. The van der Waals surface area contributed by atoms with Gasteiger partial charge >= 0.3 is 0 Å². The van der Waals surface area contributed by atoms with Crippen molar-refractivity contribution < 1.29 is 0 Å². The Balaban J connectivity index is 2.06. The summed E-state index contributed by atoms with van der Waals surface area (Å²) in [7, 11) is 0. The second-order valence-electron chi connectivity index (χ2n) is 3.78. The van der Waals surface area contributed by atoms with Crippen molar-refractivity contribution in [3.63, 3.8) is 0 Å². The number of halogens is 1. The molecule has 2 heteroatoms. The van der Waals surface area contributed by atoms with Crippen LogP contribution in [-0.4, -0.2) is 16.3 Å². The molecule has 1 fully saturated rings. The summed E-state index contributed by atoms with van der Waals surface area (Å²) in [5, 5.41) is 0. The van der Waals surface area contributed by atoms with E-state index in [4.69, 9.17) is 0 Å². The van der Waals surface area contributed by atoms with Crippen LogP contribution in [0.5, 0.6) is 0 Å². The molecule has 0 spiro atoms. The first-order chi connectivity index (χ1) is 5.71. The zero-order valence-corrected chi connectivity index (χ0v) is 10.5. The van der Waals surface area contributed by atoms with Gasteiger partial charge < -0.3 is 0 Å². The summed E-state index contributed by atoms with van der Waals surface area (Å²) in [6.45, 7) is 4.55. The number of hydrogen-bond donors (Lipinski definition) is 0. The molecule has 1 saturated carbocycles. The van der Waals surface area contributed by atoms with Crippen molar-refractivity contribution >= 4 is 27.7 Å². The van der Waals surface area contributed by atoms with Gasteiger partial charge in [-0.1, -0.05) is 29.8 Å². The topological polar surface area (TPSA) is 0 Å². The normalized spacial score (nSPS) is 22.2. The van der Waals surface area contributed by atoms with Gasteiger partial charge in [-0.15, -0.1) is 0 Å². The second kappa shape index (κ2) is 4.90. The highest BCUT2D eigenvalue weighted by Crippen LogP contribution is 2.54. The van der Waals surface area contributed by atoms with Crippen molar-refractivity contribution in [1.29, 1.82) is 0 Å². The molecule has 1 atom stereocenters. The molecule has 0 N–H and O–H groups in total. The minimum atomic E-state index is 0.703. The zero-order valence-electron chi connectivity index (χ0n) is 8.11. The van der Waals surface area contributed by atoms with Crippen LogP contribution in [-0.2, 0) is 0 Å². The lowest BCUT2D eigenvalue weighted by atomic mass is 9.98. The summed E-state index contributed by atoms with van der Waals surface area (Å²) in [4.78, 5) is 0.733. The third-order valence-corrected chi connectivity index (χ3v) is 4.86. The molecule has 0 amide bonds. The molecular weight excluding hydrogens is 232 g/mol. The van der Waals surface area contributed by atoms with Crippen LogP contribution in [0.3, 0.4) is 0 Å². The molecule has 0 radical (unpaired) electrons. The summed E-state index contributed by atoms with van der Waals surface area (Å²) in [6, 6.07) is 0. The lowest BCUT2D eigenvalue weighted by molar-refractivity contribution is 0.463. The SMILES string of the molecule is CCSCCCC1(C(C)Br)CC1. The van der Waals surface area contributed by atoms with Crippen LogP contribution in [0, 0.1) is 5.41 Å². The fourth-order valence-electron chi connectivity index (χ4n) is 1.68. The number of thioether (sulfide) groups is 1. The van der Waals surface area contributed by atoms with E-state index in [0.29, 0.717) is 5.41 Å². The van der Waals surface area contributed by atoms with Gasteiger partial charge in [0.15, 0.2) is 0 Å². The van der Waals surface area contributed by atoms with Gasteiger partial charge in [-0.25, -0.2) is 0 Å². The van der Waals surface area contributed by atoms with E-state index in [9.17, 15) is 0 Å². The Morgan fingerprint density at radius 3 is 2.58 bits per heavy atom. The van der Waals surface area contributed by atoms with Crippen LogP contribution in [0.2, 0.25) is 0 Å². The van der Waals surface area contributed by atoms with E-state index in [1.807, 2.05) is 0 Å². The van der Waals surface area contributed by atoms with Crippen molar-refractivity contribution in [3.05, 3.63) is 0 Å². The van der Waals surface area contributed by atoms with Gasteiger partial charge in [-0.2, -0.15) is 11.8 Å². The molecule has 12 heavy (non-hydrogen) atoms. The Kier molecular flexibility index (Phi) is 4.45. The third kappa shape index (κ3) is 2.95. The molecular formula is C10H19BrS. The monoisotopic (exact) mass is 250 g/mol. The maximum atomic E-state index is 3.72. The highest BCUT2D eigenvalue weighted by Gasteiger charge is 2.45. The van der Waals surface area contributed by atoms with Crippen molar-refractivity contribution in [2.45, 2.75) is 44.4 Å². The molecule has 0 aliphatic heterocycles. The third-order valence-electron chi connectivity index (χ3n) is 2.90. The Labute approximate surface area is 89.0 Å². The van der Waals surface area contributed by atoms with E-state index < -0.39 is 0 Å². The van der Waals surface area contributed by atoms with E-state index in [1.54, 1.807) is 0 Å². The van der Waals surface area contributed by atoms with Crippen molar-refractivity contribution in [2.75, 3.05) is 11.5 Å². The molecule has 72 valence electrons. The van der Waals surface area contributed by atoms with Gasteiger partial charge in [0.2, 0.25) is 0 Å². The molecule has 0 heterocycles. The summed E-state index contributed by atoms with van der Waals surface area (Å²) >= 11 is 5.79.